The van der Waals surface area contributed by atoms with Gasteiger partial charge in [0.05, 0.1) is 10.0 Å². The van der Waals surface area contributed by atoms with Gasteiger partial charge >= 0.3 is 5.97 Å². The van der Waals surface area contributed by atoms with Crippen molar-refractivity contribution in [3.05, 3.63) is 58.3 Å². The molecule has 0 amide bonds. The SMILES string of the molecule is O=C(O)c1c(Nc2ccc(Cl)c(Cl)c2)nc2ccccn12. The number of aromatic nitrogens is 2. The lowest BCUT2D eigenvalue weighted by Crippen LogP contribution is -2.05. The number of nitrogens with zero attached hydrogens (tertiary/aromatic N) is 2. The minimum atomic E-state index is -1.07. The van der Waals surface area contributed by atoms with E-state index < -0.39 is 5.97 Å². The van der Waals surface area contributed by atoms with Crippen LogP contribution in [0, 0.1) is 0 Å². The Morgan fingerprint density at radius 3 is 2.71 bits per heavy atom. The summed E-state index contributed by atoms with van der Waals surface area (Å²) in [5.74, 6) is -0.830. The maximum absolute atomic E-state index is 11.5. The molecule has 0 atom stereocenters. The Labute approximate surface area is 129 Å². The largest absolute Gasteiger partial charge is 0.476 e. The Morgan fingerprint density at radius 1 is 1.19 bits per heavy atom. The topological polar surface area (TPSA) is 66.6 Å². The molecule has 2 heterocycles. The molecule has 106 valence electrons. The van der Waals surface area contributed by atoms with Crippen molar-refractivity contribution in [3.8, 4) is 0 Å². The Hall–Kier alpha value is -2.24. The van der Waals surface area contributed by atoms with Crippen LogP contribution in [0.25, 0.3) is 5.65 Å². The van der Waals surface area contributed by atoms with Gasteiger partial charge in [0.15, 0.2) is 11.5 Å². The van der Waals surface area contributed by atoms with Gasteiger partial charge in [0.25, 0.3) is 0 Å². The Kier molecular flexibility index (Phi) is 3.45. The number of fused-ring (bicyclic) bond motifs is 1. The van der Waals surface area contributed by atoms with Gasteiger partial charge < -0.3 is 10.4 Å². The third-order valence-corrected chi connectivity index (χ3v) is 3.65. The van der Waals surface area contributed by atoms with E-state index in [0.29, 0.717) is 21.4 Å². The highest BCUT2D eigenvalue weighted by atomic mass is 35.5. The average molecular weight is 322 g/mol. The van der Waals surface area contributed by atoms with Gasteiger partial charge in [0, 0.05) is 11.9 Å². The van der Waals surface area contributed by atoms with Crippen molar-refractivity contribution >= 4 is 46.3 Å². The quantitative estimate of drug-likeness (QED) is 0.762. The first-order valence-electron chi connectivity index (χ1n) is 5.99. The number of carbonyl (C=O) groups is 1. The molecular formula is C14H9Cl2N3O2. The van der Waals surface area contributed by atoms with E-state index in [-0.39, 0.29) is 11.5 Å². The van der Waals surface area contributed by atoms with Crippen LogP contribution in [0.4, 0.5) is 11.5 Å². The number of anilines is 2. The second-order valence-corrected chi connectivity index (χ2v) is 5.11. The van der Waals surface area contributed by atoms with Gasteiger partial charge in [0.1, 0.15) is 5.65 Å². The summed E-state index contributed by atoms with van der Waals surface area (Å²) < 4.78 is 1.50. The average Bonchev–Trinajstić information content (AvgIpc) is 2.80. The molecule has 2 aromatic heterocycles. The highest BCUT2D eigenvalue weighted by molar-refractivity contribution is 6.42. The third kappa shape index (κ3) is 2.53. The lowest BCUT2D eigenvalue weighted by atomic mass is 10.3. The maximum Gasteiger partial charge on any atom is 0.356 e. The fourth-order valence-corrected chi connectivity index (χ4v) is 2.30. The van der Waals surface area contributed by atoms with E-state index in [9.17, 15) is 9.90 Å². The minimum absolute atomic E-state index is 0.0525. The molecule has 3 rings (SSSR count). The number of halogens is 2. The first-order valence-corrected chi connectivity index (χ1v) is 6.74. The number of hydrogen-bond acceptors (Lipinski definition) is 3. The van der Waals surface area contributed by atoms with Crippen molar-refractivity contribution in [2.75, 3.05) is 5.32 Å². The van der Waals surface area contributed by atoms with Crippen LogP contribution >= 0.6 is 23.2 Å². The number of hydrogen-bond donors (Lipinski definition) is 2. The van der Waals surface area contributed by atoms with E-state index in [1.165, 1.54) is 4.40 Å². The van der Waals surface area contributed by atoms with E-state index >= 15 is 0 Å². The number of pyridine rings is 1. The van der Waals surface area contributed by atoms with Crippen molar-refractivity contribution in [3.63, 3.8) is 0 Å². The van der Waals surface area contributed by atoms with E-state index in [1.807, 2.05) is 0 Å². The zero-order valence-corrected chi connectivity index (χ0v) is 12.1. The zero-order valence-electron chi connectivity index (χ0n) is 10.5. The van der Waals surface area contributed by atoms with E-state index in [4.69, 9.17) is 23.2 Å². The van der Waals surface area contributed by atoms with E-state index in [0.717, 1.165) is 0 Å². The molecule has 2 N–H and O–H groups in total. The molecule has 0 saturated heterocycles. The van der Waals surface area contributed by atoms with Gasteiger partial charge in [-0.25, -0.2) is 9.78 Å². The molecule has 21 heavy (non-hydrogen) atoms. The molecule has 0 fully saturated rings. The van der Waals surface area contributed by atoms with Gasteiger partial charge in [-0.1, -0.05) is 29.3 Å². The van der Waals surface area contributed by atoms with Crippen molar-refractivity contribution in [2.24, 2.45) is 0 Å². The summed E-state index contributed by atoms with van der Waals surface area (Å²) in [4.78, 5) is 15.7. The predicted molar refractivity (Wildman–Crippen MR) is 81.9 cm³/mol. The number of carboxylic acid groups (broad SMARTS) is 1. The fourth-order valence-electron chi connectivity index (χ4n) is 2.00. The zero-order chi connectivity index (χ0) is 15.0. The molecule has 7 heteroatoms. The molecule has 0 aliphatic heterocycles. The number of aromatic carboxylic acids is 1. The molecule has 5 nitrogen and oxygen atoms in total. The van der Waals surface area contributed by atoms with Crippen LogP contribution in [0.5, 0.6) is 0 Å². The molecule has 0 aliphatic rings. The predicted octanol–water partition coefficient (Wildman–Crippen LogP) is 4.08. The van der Waals surface area contributed by atoms with Crippen LogP contribution in [-0.2, 0) is 0 Å². The van der Waals surface area contributed by atoms with Gasteiger partial charge in [-0.3, -0.25) is 4.40 Å². The summed E-state index contributed by atoms with van der Waals surface area (Å²) in [6.45, 7) is 0. The van der Waals surface area contributed by atoms with Crippen LogP contribution < -0.4 is 5.32 Å². The molecule has 0 aliphatic carbocycles. The molecule has 0 saturated carbocycles. The molecule has 0 unspecified atom stereocenters. The highest BCUT2D eigenvalue weighted by Crippen LogP contribution is 2.28. The Bertz CT molecular complexity index is 845. The summed E-state index contributed by atoms with van der Waals surface area (Å²) in [7, 11) is 0. The number of benzene rings is 1. The minimum Gasteiger partial charge on any atom is -0.476 e. The van der Waals surface area contributed by atoms with Crippen molar-refractivity contribution in [2.45, 2.75) is 0 Å². The fraction of sp³-hybridized carbons (Fsp3) is 0. The second kappa shape index (κ2) is 5.27. The van der Waals surface area contributed by atoms with Crippen molar-refractivity contribution in [1.82, 2.24) is 9.38 Å². The third-order valence-electron chi connectivity index (χ3n) is 2.91. The summed E-state index contributed by atoms with van der Waals surface area (Å²) in [5, 5.41) is 13.1. The van der Waals surface area contributed by atoms with Gasteiger partial charge in [-0.2, -0.15) is 0 Å². The number of rotatable bonds is 3. The first-order chi connectivity index (χ1) is 10.1. The molecular weight excluding hydrogens is 313 g/mol. The lowest BCUT2D eigenvalue weighted by molar-refractivity contribution is 0.0690. The summed E-state index contributed by atoms with van der Waals surface area (Å²) in [6, 6.07) is 10.2. The monoisotopic (exact) mass is 321 g/mol. The van der Waals surface area contributed by atoms with Gasteiger partial charge in [0.2, 0.25) is 0 Å². The van der Waals surface area contributed by atoms with Gasteiger partial charge in [-0.05, 0) is 30.3 Å². The molecule has 0 radical (unpaired) electrons. The Morgan fingerprint density at radius 2 is 2.00 bits per heavy atom. The van der Waals surface area contributed by atoms with Crippen LogP contribution in [0.1, 0.15) is 10.5 Å². The number of carboxylic acids is 1. The van der Waals surface area contributed by atoms with Crippen LogP contribution in [0.3, 0.4) is 0 Å². The Balaban J connectivity index is 2.09. The van der Waals surface area contributed by atoms with Gasteiger partial charge in [-0.15, -0.1) is 0 Å². The van der Waals surface area contributed by atoms with Crippen molar-refractivity contribution in [1.29, 1.82) is 0 Å². The summed E-state index contributed by atoms with van der Waals surface area (Å²) >= 11 is 11.8. The first kappa shape index (κ1) is 13.7. The van der Waals surface area contributed by atoms with E-state index in [1.54, 1.807) is 42.6 Å². The van der Waals surface area contributed by atoms with E-state index in [2.05, 4.69) is 10.3 Å². The number of imidazole rings is 1. The molecule has 1 aromatic carbocycles. The van der Waals surface area contributed by atoms with Crippen molar-refractivity contribution < 1.29 is 9.90 Å². The number of nitrogens with one attached hydrogen (secondary N) is 1. The van der Waals surface area contributed by atoms with Crippen LogP contribution in [-0.4, -0.2) is 20.5 Å². The lowest BCUT2D eigenvalue weighted by Gasteiger charge is -2.05. The summed E-state index contributed by atoms with van der Waals surface area (Å²) in [6.07, 6.45) is 1.64. The molecule has 0 bridgehead atoms. The highest BCUT2D eigenvalue weighted by Gasteiger charge is 2.18. The van der Waals surface area contributed by atoms with Crippen LogP contribution in [0.2, 0.25) is 10.0 Å². The normalized spacial score (nSPS) is 10.8. The summed E-state index contributed by atoms with van der Waals surface area (Å²) in [5.41, 5.74) is 1.20. The standard InChI is InChI=1S/C14H9Cl2N3O2/c15-9-5-4-8(7-10(9)16)17-13-12(14(20)21)19-6-2-1-3-11(19)18-13/h1-7,17H,(H,20,21). The van der Waals surface area contributed by atoms with Crippen LogP contribution in [0.15, 0.2) is 42.6 Å². The maximum atomic E-state index is 11.5. The molecule has 0 spiro atoms. The second-order valence-electron chi connectivity index (χ2n) is 4.30. The smallest absolute Gasteiger partial charge is 0.356 e. The molecule has 3 aromatic rings.